The number of methoxy groups -OCH3 is 1. The second kappa shape index (κ2) is 5.88. The van der Waals surface area contributed by atoms with E-state index in [1.807, 2.05) is 0 Å². The van der Waals surface area contributed by atoms with Gasteiger partial charge in [0.2, 0.25) is 0 Å². The molecule has 0 bridgehead atoms. The Hall–Kier alpha value is -1.71. The fraction of sp³-hybridized carbons (Fsp3) is 0.222. The molecule has 72 valence electrons. The molecule has 0 aliphatic rings. The van der Waals surface area contributed by atoms with Crippen LogP contribution in [0, 0.1) is 0 Å². The van der Waals surface area contributed by atoms with Gasteiger partial charge in [-0.1, -0.05) is 0 Å². The van der Waals surface area contributed by atoms with Gasteiger partial charge >= 0.3 is 5.97 Å². The van der Waals surface area contributed by atoms with Gasteiger partial charge in [0.15, 0.2) is 0 Å². The second-order valence-electron chi connectivity index (χ2n) is 2.21. The van der Waals surface area contributed by atoms with Gasteiger partial charge in [-0.15, -0.1) is 0 Å². The molecular formula is C9H12O4. The molecule has 0 radical (unpaired) electrons. The summed E-state index contributed by atoms with van der Waals surface area (Å²) in [7, 11) is 1.35. The molecule has 0 heterocycles. The van der Waals surface area contributed by atoms with E-state index >= 15 is 0 Å². The maximum atomic E-state index is 9.59. The fourth-order valence-electron chi connectivity index (χ4n) is 0.453. The Kier molecular flexibility index (Phi) is 5.11. The number of benzene rings is 1. The average Bonchev–Trinajstić information content (AvgIpc) is 2.11. The summed E-state index contributed by atoms with van der Waals surface area (Å²) in [6, 6.07) is 5.70. The highest BCUT2D eigenvalue weighted by Crippen LogP contribution is 2.13. The standard InChI is InChI=1S/C6H6O2.C3H6O2/c7-5-1-2-6(8)4-3-5;1-3(4)5-2/h1-4,7-8H;1-2H3. The highest BCUT2D eigenvalue weighted by atomic mass is 16.5. The van der Waals surface area contributed by atoms with Crippen LogP contribution in [0.25, 0.3) is 0 Å². The lowest BCUT2D eigenvalue weighted by molar-refractivity contribution is -0.137. The third kappa shape index (κ3) is 6.68. The minimum absolute atomic E-state index is 0.169. The fourth-order valence-corrected chi connectivity index (χ4v) is 0.453. The third-order valence-corrected chi connectivity index (χ3v) is 1.14. The highest BCUT2D eigenvalue weighted by molar-refractivity contribution is 5.65. The molecule has 1 aromatic rings. The van der Waals surface area contributed by atoms with Gasteiger partial charge in [0.05, 0.1) is 7.11 Å². The molecule has 0 saturated heterocycles. The van der Waals surface area contributed by atoms with Crippen LogP contribution in [0.15, 0.2) is 24.3 Å². The maximum absolute atomic E-state index is 9.59. The highest BCUT2D eigenvalue weighted by Gasteiger charge is 1.84. The van der Waals surface area contributed by atoms with Crippen LogP contribution < -0.4 is 0 Å². The Balaban J connectivity index is 0.000000252. The van der Waals surface area contributed by atoms with Gasteiger partial charge in [0, 0.05) is 6.92 Å². The van der Waals surface area contributed by atoms with Crippen molar-refractivity contribution in [1.29, 1.82) is 0 Å². The lowest BCUT2D eigenvalue weighted by atomic mass is 10.3. The molecule has 0 amide bonds. The van der Waals surface area contributed by atoms with E-state index in [4.69, 9.17) is 10.2 Å². The minimum Gasteiger partial charge on any atom is -0.508 e. The summed E-state index contributed by atoms with van der Waals surface area (Å²) in [6.07, 6.45) is 0. The van der Waals surface area contributed by atoms with Gasteiger partial charge in [-0.3, -0.25) is 4.79 Å². The number of esters is 1. The lowest BCUT2D eigenvalue weighted by Gasteiger charge is -1.88. The van der Waals surface area contributed by atoms with Crippen LogP contribution >= 0.6 is 0 Å². The second-order valence-corrected chi connectivity index (χ2v) is 2.21. The molecule has 1 rings (SSSR count). The molecule has 0 spiro atoms. The zero-order valence-electron chi connectivity index (χ0n) is 7.52. The van der Waals surface area contributed by atoms with E-state index in [0.29, 0.717) is 0 Å². The van der Waals surface area contributed by atoms with E-state index in [0.717, 1.165) is 0 Å². The van der Waals surface area contributed by atoms with Crippen LogP contribution in [-0.2, 0) is 9.53 Å². The number of phenolic OH excluding ortho intramolecular Hbond substituents is 2. The third-order valence-electron chi connectivity index (χ3n) is 1.14. The first kappa shape index (κ1) is 11.3. The number of phenols is 2. The van der Waals surface area contributed by atoms with Crippen LogP contribution in [-0.4, -0.2) is 23.3 Å². The van der Waals surface area contributed by atoms with Crippen molar-refractivity contribution < 1.29 is 19.7 Å². The molecule has 0 aliphatic carbocycles. The average molecular weight is 184 g/mol. The van der Waals surface area contributed by atoms with Crippen molar-refractivity contribution in [3.05, 3.63) is 24.3 Å². The number of ether oxygens (including phenoxy) is 1. The quantitative estimate of drug-likeness (QED) is 0.470. The number of hydrogen-bond donors (Lipinski definition) is 2. The molecule has 4 heteroatoms. The summed E-state index contributed by atoms with van der Waals surface area (Å²) in [5.41, 5.74) is 0. The van der Waals surface area contributed by atoms with Crippen molar-refractivity contribution in [3.63, 3.8) is 0 Å². The van der Waals surface area contributed by atoms with Crippen molar-refractivity contribution in [1.82, 2.24) is 0 Å². The molecule has 0 saturated carbocycles. The number of rotatable bonds is 0. The SMILES string of the molecule is COC(C)=O.Oc1ccc(O)cc1. The Bertz CT molecular complexity index is 232. The number of carbonyl (C=O) groups excluding carboxylic acids is 1. The Morgan fingerprint density at radius 3 is 1.54 bits per heavy atom. The molecule has 0 atom stereocenters. The van der Waals surface area contributed by atoms with Crippen molar-refractivity contribution in [3.8, 4) is 11.5 Å². The Labute approximate surface area is 76.4 Å². The van der Waals surface area contributed by atoms with Gasteiger partial charge < -0.3 is 14.9 Å². The van der Waals surface area contributed by atoms with Crippen LogP contribution in [0.2, 0.25) is 0 Å². The summed E-state index contributed by atoms with van der Waals surface area (Å²) in [5, 5.41) is 17.3. The molecule has 4 nitrogen and oxygen atoms in total. The summed E-state index contributed by atoms with van der Waals surface area (Å²) in [4.78, 5) is 9.59. The molecule has 0 aromatic heterocycles. The predicted octanol–water partition coefficient (Wildman–Crippen LogP) is 1.28. The number of carbonyl (C=O) groups is 1. The van der Waals surface area contributed by atoms with E-state index in [9.17, 15) is 4.79 Å². The zero-order valence-corrected chi connectivity index (χ0v) is 7.52. The van der Waals surface area contributed by atoms with Crippen molar-refractivity contribution in [2.45, 2.75) is 6.92 Å². The lowest BCUT2D eigenvalue weighted by Crippen LogP contribution is -1.88. The van der Waals surface area contributed by atoms with E-state index in [-0.39, 0.29) is 17.5 Å². The molecule has 1 aromatic carbocycles. The smallest absolute Gasteiger partial charge is 0.302 e. The van der Waals surface area contributed by atoms with Gasteiger partial charge in [0.1, 0.15) is 11.5 Å². The van der Waals surface area contributed by atoms with Gasteiger partial charge in [0.25, 0.3) is 0 Å². The van der Waals surface area contributed by atoms with Crippen LogP contribution in [0.4, 0.5) is 0 Å². The largest absolute Gasteiger partial charge is 0.508 e. The van der Waals surface area contributed by atoms with Crippen LogP contribution in [0.3, 0.4) is 0 Å². The molecule has 0 fully saturated rings. The summed E-state index contributed by atoms with van der Waals surface area (Å²) >= 11 is 0. The minimum atomic E-state index is -0.245. The van der Waals surface area contributed by atoms with Crippen molar-refractivity contribution >= 4 is 5.97 Å². The van der Waals surface area contributed by atoms with E-state index in [2.05, 4.69) is 4.74 Å². The molecule has 2 N–H and O–H groups in total. The predicted molar refractivity (Wildman–Crippen MR) is 47.5 cm³/mol. The first-order valence-corrected chi connectivity index (χ1v) is 3.59. The summed E-state index contributed by atoms with van der Waals surface area (Å²) in [5.74, 6) is 0.0931. The van der Waals surface area contributed by atoms with Gasteiger partial charge in [-0.05, 0) is 24.3 Å². The molecular weight excluding hydrogens is 172 g/mol. The first-order valence-electron chi connectivity index (χ1n) is 3.59. The molecule has 0 unspecified atom stereocenters. The van der Waals surface area contributed by atoms with E-state index in [1.165, 1.54) is 38.3 Å². The molecule has 13 heavy (non-hydrogen) atoms. The zero-order chi connectivity index (χ0) is 10.3. The molecule has 0 aliphatic heterocycles. The van der Waals surface area contributed by atoms with Gasteiger partial charge in [-0.25, -0.2) is 0 Å². The van der Waals surface area contributed by atoms with Crippen LogP contribution in [0.5, 0.6) is 11.5 Å². The maximum Gasteiger partial charge on any atom is 0.302 e. The number of aromatic hydroxyl groups is 2. The topological polar surface area (TPSA) is 66.8 Å². The Morgan fingerprint density at radius 1 is 1.15 bits per heavy atom. The van der Waals surface area contributed by atoms with Crippen LogP contribution in [0.1, 0.15) is 6.92 Å². The normalized spacial score (nSPS) is 8.15. The van der Waals surface area contributed by atoms with E-state index < -0.39 is 0 Å². The first-order chi connectivity index (χ1) is 6.06. The summed E-state index contributed by atoms with van der Waals surface area (Å²) in [6.45, 7) is 1.36. The van der Waals surface area contributed by atoms with Gasteiger partial charge in [-0.2, -0.15) is 0 Å². The summed E-state index contributed by atoms with van der Waals surface area (Å²) < 4.78 is 4.11. The monoisotopic (exact) mass is 184 g/mol. The Morgan fingerprint density at radius 2 is 1.38 bits per heavy atom. The van der Waals surface area contributed by atoms with Crippen molar-refractivity contribution in [2.75, 3.05) is 7.11 Å². The number of hydrogen-bond acceptors (Lipinski definition) is 4. The van der Waals surface area contributed by atoms with Crippen molar-refractivity contribution in [2.24, 2.45) is 0 Å². The van der Waals surface area contributed by atoms with E-state index in [1.54, 1.807) is 0 Å².